The molecule has 2 heterocycles. The summed E-state index contributed by atoms with van der Waals surface area (Å²) in [5.41, 5.74) is 2.25. The van der Waals surface area contributed by atoms with Crippen LogP contribution in [0, 0.1) is 6.92 Å². The number of rotatable bonds is 7. The summed E-state index contributed by atoms with van der Waals surface area (Å²) in [6.07, 6.45) is 2.81. The fourth-order valence-corrected chi connectivity index (χ4v) is 5.90. The van der Waals surface area contributed by atoms with E-state index in [2.05, 4.69) is 10.2 Å². The summed E-state index contributed by atoms with van der Waals surface area (Å²) in [6, 6.07) is 14.0. The largest absolute Gasteiger partial charge is 0.411 e. The molecule has 1 atom stereocenters. The van der Waals surface area contributed by atoms with Gasteiger partial charge in [-0.3, -0.25) is 4.79 Å². The zero-order valence-corrected chi connectivity index (χ0v) is 19.7. The van der Waals surface area contributed by atoms with Gasteiger partial charge in [0.1, 0.15) is 0 Å². The van der Waals surface area contributed by atoms with Gasteiger partial charge in [-0.25, -0.2) is 8.42 Å². The third-order valence-electron chi connectivity index (χ3n) is 5.42. The molecule has 7 nitrogen and oxygen atoms in total. The van der Waals surface area contributed by atoms with Gasteiger partial charge in [0.05, 0.1) is 10.1 Å². The average molecular weight is 472 g/mol. The van der Waals surface area contributed by atoms with Gasteiger partial charge >= 0.3 is 0 Å². The lowest BCUT2D eigenvalue weighted by Crippen LogP contribution is -2.35. The summed E-state index contributed by atoms with van der Waals surface area (Å²) in [4.78, 5) is 12.9. The van der Waals surface area contributed by atoms with E-state index in [4.69, 9.17) is 4.42 Å². The first-order chi connectivity index (χ1) is 15.3. The zero-order valence-electron chi connectivity index (χ0n) is 18.0. The molecular weight excluding hydrogens is 446 g/mol. The predicted octanol–water partition coefficient (Wildman–Crippen LogP) is 4.58. The lowest BCUT2D eigenvalue weighted by molar-refractivity contribution is 0.0993. The van der Waals surface area contributed by atoms with Crippen molar-refractivity contribution in [3.63, 3.8) is 0 Å². The topological polar surface area (TPSA) is 93.4 Å². The van der Waals surface area contributed by atoms with Crippen molar-refractivity contribution in [2.75, 3.05) is 13.1 Å². The first-order valence-corrected chi connectivity index (χ1v) is 12.9. The van der Waals surface area contributed by atoms with Gasteiger partial charge < -0.3 is 4.42 Å². The Morgan fingerprint density at radius 1 is 1.06 bits per heavy atom. The fourth-order valence-electron chi connectivity index (χ4n) is 3.58. The van der Waals surface area contributed by atoms with Gasteiger partial charge in [0.2, 0.25) is 15.9 Å². The first-order valence-electron chi connectivity index (χ1n) is 10.6. The van der Waals surface area contributed by atoms with E-state index in [-0.39, 0.29) is 21.8 Å². The number of benzene rings is 2. The molecule has 1 fully saturated rings. The highest BCUT2D eigenvalue weighted by Crippen LogP contribution is 2.29. The van der Waals surface area contributed by atoms with Crippen molar-refractivity contribution < 1.29 is 17.6 Å². The van der Waals surface area contributed by atoms with Crippen LogP contribution in [0.4, 0.5) is 0 Å². The second-order valence-corrected chi connectivity index (χ2v) is 11.1. The quantitative estimate of drug-likeness (QED) is 0.368. The van der Waals surface area contributed by atoms with E-state index in [1.165, 1.54) is 16.1 Å². The molecule has 0 aliphatic carbocycles. The molecule has 9 heteroatoms. The summed E-state index contributed by atoms with van der Waals surface area (Å²) >= 11 is 1.18. The number of thioether (sulfide) groups is 1. The van der Waals surface area contributed by atoms with Crippen LogP contribution in [0.1, 0.15) is 42.1 Å². The van der Waals surface area contributed by atoms with Crippen LogP contribution in [0.3, 0.4) is 0 Å². The van der Waals surface area contributed by atoms with Crippen LogP contribution in [-0.2, 0) is 10.0 Å². The normalized spacial score (nSPS) is 16.1. The number of nitrogens with zero attached hydrogens (tertiary/aromatic N) is 3. The van der Waals surface area contributed by atoms with E-state index in [0.29, 0.717) is 24.2 Å². The number of piperidine rings is 1. The van der Waals surface area contributed by atoms with Gasteiger partial charge in [-0.15, -0.1) is 10.2 Å². The van der Waals surface area contributed by atoms with Crippen LogP contribution in [0.15, 0.2) is 63.1 Å². The molecule has 1 aliphatic rings. The molecule has 2 aromatic carbocycles. The van der Waals surface area contributed by atoms with Crippen LogP contribution in [0.2, 0.25) is 0 Å². The number of hydrogen-bond donors (Lipinski definition) is 0. The zero-order chi connectivity index (χ0) is 22.7. The van der Waals surface area contributed by atoms with Crippen LogP contribution in [-0.4, -0.2) is 47.0 Å². The minimum absolute atomic E-state index is 0.0237. The van der Waals surface area contributed by atoms with E-state index in [1.54, 1.807) is 31.2 Å². The number of Topliss-reactive ketones (excluding diaryl/α,β-unsaturated/α-hetero) is 1. The molecular formula is C23H25N3O4S2. The Kier molecular flexibility index (Phi) is 6.78. The molecule has 0 unspecified atom stereocenters. The molecule has 1 aromatic heterocycles. The van der Waals surface area contributed by atoms with Gasteiger partial charge in [0.25, 0.3) is 5.22 Å². The third-order valence-corrected chi connectivity index (χ3v) is 8.25. The number of carbonyl (C=O) groups is 1. The van der Waals surface area contributed by atoms with Crippen LogP contribution < -0.4 is 0 Å². The Bertz CT molecular complexity index is 1200. The van der Waals surface area contributed by atoms with Crippen LogP contribution >= 0.6 is 11.8 Å². The molecule has 168 valence electrons. The maximum absolute atomic E-state index is 13.0. The minimum Gasteiger partial charge on any atom is -0.411 e. The molecule has 4 rings (SSSR count). The summed E-state index contributed by atoms with van der Waals surface area (Å²) < 4.78 is 33.2. The standard InChI is InChI=1S/C23H25N3O4S2/c1-16-9-11-18(12-10-16)21(27)17(2)31-23-25-24-22(30-23)19-7-6-8-20(15-19)32(28,29)26-13-4-3-5-14-26/h6-12,15,17H,3-5,13-14H2,1-2H3/t17-/m0/s1. The highest BCUT2D eigenvalue weighted by Gasteiger charge is 2.27. The van der Waals surface area contributed by atoms with E-state index >= 15 is 0 Å². The van der Waals surface area contributed by atoms with Crippen molar-refractivity contribution in [1.82, 2.24) is 14.5 Å². The van der Waals surface area contributed by atoms with Crippen molar-refractivity contribution in [2.45, 2.75) is 48.5 Å². The van der Waals surface area contributed by atoms with Gasteiger partial charge in [-0.1, -0.05) is 54.1 Å². The summed E-state index contributed by atoms with van der Waals surface area (Å²) in [5.74, 6) is 0.197. The lowest BCUT2D eigenvalue weighted by Gasteiger charge is -2.25. The van der Waals surface area contributed by atoms with Crippen molar-refractivity contribution in [3.8, 4) is 11.5 Å². The van der Waals surface area contributed by atoms with Gasteiger partial charge in [-0.2, -0.15) is 4.31 Å². The second-order valence-electron chi connectivity index (χ2n) is 7.86. The SMILES string of the molecule is Cc1ccc(C(=O)[C@H](C)Sc2nnc(-c3cccc(S(=O)(=O)N4CCCCC4)c3)o2)cc1. The molecule has 0 saturated carbocycles. The van der Waals surface area contributed by atoms with Crippen molar-refractivity contribution >= 4 is 27.6 Å². The van der Waals surface area contributed by atoms with Crippen molar-refractivity contribution in [3.05, 3.63) is 59.7 Å². The molecule has 3 aromatic rings. The van der Waals surface area contributed by atoms with E-state index in [0.717, 1.165) is 24.8 Å². The molecule has 0 spiro atoms. The maximum atomic E-state index is 13.0. The Hall–Kier alpha value is -2.49. The minimum atomic E-state index is -3.56. The third kappa shape index (κ3) is 4.95. The predicted molar refractivity (Wildman–Crippen MR) is 123 cm³/mol. The Balaban J connectivity index is 1.49. The van der Waals surface area contributed by atoms with Gasteiger partial charge in [-0.05, 0) is 44.9 Å². The first kappa shape index (κ1) is 22.7. The molecule has 1 saturated heterocycles. The molecule has 0 N–H and O–H groups in total. The second kappa shape index (κ2) is 9.56. The highest BCUT2D eigenvalue weighted by atomic mass is 32.2. The summed E-state index contributed by atoms with van der Waals surface area (Å²) in [7, 11) is -3.56. The number of carbonyl (C=O) groups excluding carboxylic acids is 1. The highest BCUT2D eigenvalue weighted by molar-refractivity contribution is 8.00. The van der Waals surface area contributed by atoms with Gasteiger partial charge in [0.15, 0.2) is 5.78 Å². The molecule has 0 bridgehead atoms. The number of aromatic nitrogens is 2. The lowest BCUT2D eigenvalue weighted by atomic mass is 10.1. The summed E-state index contributed by atoms with van der Waals surface area (Å²) in [6.45, 7) is 4.85. The van der Waals surface area contributed by atoms with Crippen molar-refractivity contribution in [1.29, 1.82) is 0 Å². The van der Waals surface area contributed by atoms with Crippen molar-refractivity contribution in [2.24, 2.45) is 0 Å². The maximum Gasteiger partial charge on any atom is 0.277 e. The van der Waals surface area contributed by atoms with Crippen LogP contribution in [0.5, 0.6) is 0 Å². The van der Waals surface area contributed by atoms with E-state index < -0.39 is 15.3 Å². The molecule has 0 radical (unpaired) electrons. The number of aryl methyl sites for hydroxylation is 1. The fraction of sp³-hybridized carbons (Fsp3) is 0.348. The number of ketones is 1. The average Bonchev–Trinajstić information content (AvgIpc) is 3.28. The van der Waals surface area contributed by atoms with E-state index in [1.807, 2.05) is 31.2 Å². The smallest absolute Gasteiger partial charge is 0.277 e. The number of sulfonamides is 1. The van der Waals surface area contributed by atoms with Gasteiger partial charge in [0, 0.05) is 24.2 Å². The number of hydrogen-bond acceptors (Lipinski definition) is 7. The summed E-state index contributed by atoms with van der Waals surface area (Å²) in [5, 5.41) is 7.96. The molecule has 32 heavy (non-hydrogen) atoms. The monoisotopic (exact) mass is 471 g/mol. The molecule has 0 amide bonds. The Labute approximate surface area is 192 Å². The van der Waals surface area contributed by atoms with Crippen LogP contribution in [0.25, 0.3) is 11.5 Å². The Morgan fingerprint density at radius 2 is 1.78 bits per heavy atom. The Morgan fingerprint density at radius 3 is 2.50 bits per heavy atom. The molecule has 1 aliphatic heterocycles. The van der Waals surface area contributed by atoms with E-state index in [9.17, 15) is 13.2 Å².